The van der Waals surface area contributed by atoms with E-state index in [-0.39, 0.29) is 17.9 Å². The third-order valence-electron chi connectivity index (χ3n) is 2.54. The quantitative estimate of drug-likeness (QED) is 0.460. The molecule has 0 saturated carbocycles. The lowest BCUT2D eigenvalue weighted by atomic mass is 10.1. The molecule has 0 fully saturated rings. The van der Waals surface area contributed by atoms with Crippen molar-refractivity contribution in [3.63, 3.8) is 0 Å². The molecule has 1 aromatic carbocycles. The highest BCUT2D eigenvalue weighted by Crippen LogP contribution is 2.22. The summed E-state index contributed by atoms with van der Waals surface area (Å²) in [6, 6.07) is 5.49. The molecule has 8 nitrogen and oxygen atoms in total. The molecule has 1 heterocycles. The summed E-state index contributed by atoms with van der Waals surface area (Å²) in [5, 5.41) is 10.7. The van der Waals surface area contributed by atoms with Gasteiger partial charge in [-0.2, -0.15) is 0 Å². The Bertz CT molecular complexity index is 747. The van der Waals surface area contributed by atoms with Gasteiger partial charge in [0, 0.05) is 18.3 Å². The minimum atomic E-state index is -0.589. The first-order valence-electron chi connectivity index (χ1n) is 5.30. The minimum Gasteiger partial charge on any atom is -0.393 e. The van der Waals surface area contributed by atoms with Gasteiger partial charge in [0.05, 0.1) is 11.5 Å². The summed E-state index contributed by atoms with van der Waals surface area (Å²) in [5.74, 6) is 0. The van der Waals surface area contributed by atoms with Crippen molar-refractivity contribution in [2.75, 3.05) is 5.73 Å². The van der Waals surface area contributed by atoms with E-state index in [1.807, 2.05) is 0 Å². The second-order valence-electron chi connectivity index (χ2n) is 3.89. The van der Waals surface area contributed by atoms with Crippen LogP contribution in [-0.4, -0.2) is 14.5 Å². The fourth-order valence-corrected chi connectivity index (χ4v) is 1.61. The molecule has 0 spiro atoms. The number of nitrogens with two attached hydrogens (primary N) is 1. The van der Waals surface area contributed by atoms with Crippen molar-refractivity contribution in [1.82, 2.24) is 9.55 Å². The van der Waals surface area contributed by atoms with Crippen LogP contribution >= 0.6 is 0 Å². The number of anilines is 1. The van der Waals surface area contributed by atoms with Gasteiger partial charge < -0.3 is 5.73 Å². The highest BCUT2D eigenvalue weighted by molar-refractivity contribution is 5.59. The zero-order chi connectivity index (χ0) is 14.0. The number of H-pyrrole nitrogens is 1. The van der Waals surface area contributed by atoms with Crippen LogP contribution in [0.2, 0.25) is 0 Å². The number of hydrogen-bond acceptors (Lipinski definition) is 5. The molecule has 3 N–H and O–H groups in total. The van der Waals surface area contributed by atoms with Crippen molar-refractivity contribution in [3.05, 3.63) is 67.0 Å². The average molecular weight is 262 g/mol. The molecule has 1 aromatic heterocycles. The van der Waals surface area contributed by atoms with Gasteiger partial charge in [0.1, 0.15) is 5.69 Å². The molecule has 0 aliphatic carbocycles. The maximum atomic E-state index is 11.5. The number of hydrogen-bond donors (Lipinski definition) is 2. The topological polar surface area (TPSA) is 124 Å². The molecule has 0 aliphatic heterocycles. The van der Waals surface area contributed by atoms with E-state index in [4.69, 9.17) is 5.73 Å². The highest BCUT2D eigenvalue weighted by atomic mass is 16.6. The van der Waals surface area contributed by atoms with Crippen LogP contribution in [0, 0.1) is 10.1 Å². The van der Waals surface area contributed by atoms with Crippen LogP contribution in [0.15, 0.2) is 40.1 Å². The maximum absolute atomic E-state index is 11.5. The lowest BCUT2D eigenvalue weighted by Crippen LogP contribution is -2.28. The fourth-order valence-electron chi connectivity index (χ4n) is 1.61. The molecule has 0 bridgehead atoms. The number of aromatic amines is 1. The molecular formula is C11H10N4O4. The second kappa shape index (κ2) is 4.77. The first kappa shape index (κ1) is 12.6. The highest BCUT2D eigenvalue weighted by Gasteiger charge is 2.12. The maximum Gasteiger partial charge on any atom is 0.328 e. The minimum absolute atomic E-state index is 0.0579. The summed E-state index contributed by atoms with van der Waals surface area (Å²) < 4.78 is 1.23. The van der Waals surface area contributed by atoms with Crippen molar-refractivity contribution < 1.29 is 4.92 Å². The third-order valence-corrected chi connectivity index (χ3v) is 2.54. The van der Waals surface area contributed by atoms with E-state index in [0.29, 0.717) is 5.56 Å². The first-order chi connectivity index (χ1) is 8.97. The molecule has 0 radical (unpaired) electrons. The molecule has 0 amide bonds. The van der Waals surface area contributed by atoms with Crippen LogP contribution in [0.5, 0.6) is 0 Å². The molecule has 0 atom stereocenters. The van der Waals surface area contributed by atoms with Crippen molar-refractivity contribution in [3.8, 4) is 0 Å². The molecule has 0 aliphatic rings. The Morgan fingerprint density at radius 1 is 1.32 bits per heavy atom. The molecular weight excluding hydrogens is 252 g/mol. The Hall–Kier alpha value is -2.90. The normalized spacial score (nSPS) is 10.3. The van der Waals surface area contributed by atoms with Crippen LogP contribution in [0.25, 0.3) is 0 Å². The first-order valence-corrected chi connectivity index (χ1v) is 5.30. The summed E-state index contributed by atoms with van der Waals surface area (Å²) in [4.78, 5) is 34.6. The SMILES string of the molecule is Nc1ccc(Cn2ccc(=O)[nH]c2=O)cc1[N+](=O)[O-]. The van der Waals surface area contributed by atoms with Crippen LogP contribution in [0.4, 0.5) is 11.4 Å². The number of nitro benzene ring substituents is 1. The number of aromatic nitrogens is 2. The second-order valence-corrected chi connectivity index (χ2v) is 3.89. The Morgan fingerprint density at radius 3 is 2.68 bits per heavy atom. The van der Waals surface area contributed by atoms with E-state index in [1.54, 1.807) is 6.07 Å². The van der Waals surface area contributed by atoms with Crippen molar-refractivity contribution in [2.24, 2.45) is 0 Å². The summed E-state index contributed by atoms with van der Waals surface area (Å²) >= 11 is 0. The van der Waals surface area contributed by atoms with E-state index in [1.165, 1.54) is 29.0 Å². The Morgan fingerprint density at radius 2 is 2.05 bits per heavy atom. The van der Waals surface area contributed by atoms with Gasteiger partial charge in [0.25, 0.3) is 11.2 Å². The van der Waals surface area contributed by atoms with E-state index in [2.05, 4.69) is 4.98 Å². The number of nitro groups is 1. The smallest absolute Gasteiger partial charge is 0.328 e. The molecule has 98 valence electrons. The van der Waals surface area contributed by atoms with Gasteiger partial charge in [0.2, 0.25) is 0 Å². The van der Waals surface area contributed by atoms with Crippen LogP contribution in [0.3, 0.4) is 0 Å². The molecule has 2 aromatic rings. The van der Waals surface area contributed by atoms with Gasteiger partial charge in [-0.1, -0.05) is 6.07 Å². The van der Waals surface area contributed by atoms with Crippen LogP contribution < -0.4 is 17.0 Å². The summed E-state index contributed by atoms with van der Waals surface area (Å²) in [5.41, 5.74) is 4.79. The largest absolute Gasteiger partial charge is 0.393 e. The van der Waals surface area contributed by atoms with Gasteiger partial charge in [-0.25, -0.2) is 4.79 Å². The molecule has 0 unspecified atom stereocenters. The van der Waals surface area contributed by atoms with Gasteiger partial charge in [0.15, 0.2) is 0 Å². The molecule has 2 rings (SSSR count). The summed E-state index contributed by atoms with van der Waals surface area (Å²) in [6.45, 7) is 0.108. The van der Waals surface area contributed by atoms with E-state index in [9.17, 15) is 19.7 Å². The van der Waals surface area contributed by atoms with E-state index < -0.39 is 16.2 Å². The van der Waals surface area contributed by atoms with Gasteiger partial charge in [-0.15, -0.1) is 0 Å². The van der Waals surface area contributed by atoms with E-state index in [0.717, 1.165) is 0 Å². The lowest BCUT2D eigenvalue weighted by molar-refractivity contribution is -0.384. The van der Waals surface area contributed by atoms with Crippen molar-refractivity contribution in [1.29, 1.82) is 0 Å². The number of nitrogens with one attached hydrogen (secondary N) is 1. The molecule has 19 heavy (non-hydrogen) atoms. The van der Waals surface area contributed by atoms with E-state index >= 15 is 0 Å². The number of benzene rings is 1. The number of nitrogen functional groups attached to an aromatic ring is 1. The zero-order valence-electron chi connectivity index (χ0n) is 9.70. The Balaban J connectivity index is 2.39. The third kappa shape index (κ3) is 2.68. The van der Waals surface area contributed by atoms with Crippen molar-refractivity contribution >= 4 is 11.4 Å². The lowest BCUT2D eigenvalue weighted by Gasteiger charge is -2.05. The Kier molecular flexibility index (Phi) is 3.15. The summed E-state index contributed by atoms with van der Waals surface area (Å²) in [6.07, 6.45) is 1.32. The van der Waals surface area contributed by atoms with Crippen LogP contribution in [0.1, 0.15) is 5.56 Å². The molecule has 0 saturated heterocycles. The van der Waals surface area contributed by atoms with Gasteiger partial charge >= 0.3 is 5.69 Å². The average Bonchev–Trinajstić information content (AvgIpc) is 2.34. The predicted molar refractivity (Wildman–Crippen MR) is 67.9 cm³/mol. The van der Waals surface area contributed by atoms with Crippen LogP contribution in [-0.2, 0) is 6.54 Å². The number of nitrogens with zero attached hydrogens (tertiary/aromatic N) is 2. The standard InChI is InChI=1S/C11H10N4O4/c12-8-2-1-7(5-9(8)15(18)19)6-14-4-3-10(16)13-11(14)17/h1-5H,6,12H2,(H,13,16,17). The predicted octanol–water partition coefficient (Wildman–Crippen LogP) is 0.0753. The van der Waals surface area contributed by atoms with Gasteiger partial charge in [-0.3, -0.25) is 24.5 Å². The van der Waals surface area contributed by atoms with Crippen molar-refractivity contribution in [2.45, 2.75) is 6.54 Å². The number of rotatable bonds is 3. The zero-order valence-corrected chi connectivity index (χ0v) is 9.70. The molecule has 8 heteroatoms. The van der Waals surface area contributed by atoms with Gasteiger partial charge in [-0.05, 0) is 11.6 Å². The Labute approximate surface area is 106 Å². The fraction of sp³-hybridized carbons (Fsp3) is 0.0909. The monoisotopic (exact) mass is 262 g/mol. The summed E-state index contributed by atoms with van der Waals surface area (Å²) in [7, 11) is 0.